The van der Waals surface area contributed by atoms with Crippen molar-refractivity contribution in [2.45, 2.75) is 142 Å². The molecular weight excluding hydrogens is 1050 g/mol. The summed E-state index contributed by atoms with van der Waals surface area (Å²) in [5.74, 6) is -11.1. The number of unbranched alkanes of at least 4 members (excludes halogenated alkanes) is 1. The summed E-state index contributed by atoms with van der Waals surface area (Å²) in [4.78, 5) is 175. The Morgan fingerprint density at radius 3 is 1.40 bits per heavy atom. The van der Waals surface area contributed by atoms with Crippen LogP contribution in [0.1, 0.15) is 93.4 Å². The minimum atomic E-state index is -1.36. The third-order valence-electron chi connectivity index (χ3n) is 10.5. The quantitative estimate of drug-likeness (QED) is 0.0201. The minimum Gasteiger partial charge on any atom is -0.370 e. The molecule has 436 valence electrons. The molecule has 0 aliphatic rings. The number of nitrogens with two attached hydrogens (primary N) is 5. The van der Waals surface area contributed by atoms with Crippen molar-refractivity contribution >= 4 is 104 Å². The van der Waals surface area contributed by atoms with E-state index in [0.29, 0.717) is 25.8 Å². The summed E-state index contributed by atoms with van der Waals surface area (Å²) in [5.41, 5.74) is 27.5. The Morgan fingerprint density at radius 1 is 0.429 bits per heavy atom. The summed E-state index contributed by atoms with van der Waals surface area (Å²) in [5, 5.41) is 26.3. The van der Waals surface area contributed by atoms with Gasteiger partial charge in [0.25, 0.3) is 0 Å². The van der Waals surface area contributed by atoms with E-state index in [1.54, 1.807) is 13.8 Å². The van der Waals surface area contributed by atoms with Gasteiger partial charge in [-0.15, -0.1) is 0 Å². The van der Waals surface area contributed by atoms with Gasteiger partial charge in [-0.05, 0) is 70.8 Å². The van der Waals surface area contributed by atoms with Crippen LogP contribution in [0.4, 0.5) is 0 Å². The molecule has 0 saturated heterocycles. The predicted octanol–water partition coefficient (Wildman–Crippen LogP) is -6.93. The molecule has 0 aliphatic carbocycles. The Balaban J connectivity index is 5.18. The highest BCUT2D eigenvalue weighted by molar-refractivity contribution is 8.76. The highest BCUT2D eigenvalue weighted by Crippen LogP contribution is 2.23. The molecule has 77 heavy (non-hydrogen) atoms. The van der Waals surface area contributed by atoms with E-state index < -0.39 is 157 Å². The van der Waals surface area contributed by atoms with Crippen LogP contribution in [0.15, 0.2) is 0 Å². The first kappa shape index (κ1) is 70.2. The monoisotopic (exact) mass is 1130 g/mol. The molecule has 0 aromatic carbocycles. The molecule has 0 rings (SSSR count). The summed E-state index contributed by atoms with van der Waals surface area (Å²) >= 11 is 0. The third-order valence-corrected chi connectivity index (χ3v) is 12.9. The van der Waals surface area contributed by atoms with E-state index in [0.717, 1.165) is 28.5 Å². The van der Waals surface area contributed by atoms with Gasteiger partial charge < -0.3 is 87.2 Å². The molecule has 0 aromatic rings. The molecular formula is C45H80N16O14S2. The molecule has 0 saturated carbocycles. The molecule has 0 bridgehead atoms. The molecule has 0 aromatic heterocycles. The van der Waals surface area contributed by atoms with Crippen molar-refractivity contribution < 1.29 is 67.1 Å². The van der Waals surface area contributed by atoms with E-state index in [4.69, 9.17) is 28.7 Å². The van der Waals surface area contributed by atoms with Gasteiger partial charge >= 0.3 is 0 Å². The lowest BCUT2D eigenvalue weighted by atomic mass is 10.0. The molecule has 0 aliphatic heterocycles. The first-order valence-electron chi connectivity index (χ1n) is 24.7. The van der Waals surface area contributed by atoms with E-state index in [-0.39, 0.29) is 49.0 Å². The smallest absolute Gasteiger partial charge is 0.243 e. The van der Waals surface area contributed by atoms with Gasteiger partial charge in [-0.2, -0.15) is 0 Å². The van der Waals surface area contributed by atoms with Crippen LogP contribution in [0.2, 0.25) is 0 Å². The van der Waals surface area contributed by atoms with Crippen LogP contribution in [-0.4, -0.2) is 175 Å². The average Bonchev–Trinajstić information content (AvgIpc) is 3.33. The van der Waals surface area contributed by atoms with Crippen LogP contribution in [0, 0.1) is 11.8 Å². The van der Waals surface area contributed by atoms with E-state index in [9.17, 15) is 67.1 Å². The lowest BCUT2D eigenvalue weighted by molar-refractivity contribution is -0.134. The molecule has 0 heterocycles. The molecule has 14 amide bonds. The fourth-order valence-electron chi connectivity index (χ4n) is 6.43. The molecule has 32 heteroatoms. The summed E-state index contributed by atoms with van der Waals surface area (Å²) in [6, 6.07) is -9.23. The molecule has 0 fully saturated rings. The maximum absolute atomic E-state index is 13.5. The Hall–Kier alpha value is -6.80. The first-order valence-corrected chi connectivity index (χ1v) is 27.2. The van der Waals surface area contributed by atoms with Gasteiger partial charge in [-0.1, -0.05) is 49.3 Å². The molecule has 21 N–H and O–H groups in total. The predicted molar refractivity (Wildman–Crippen MR) is 284 cm³/mol. The van der Waals surface area contributed by atoms with Crippen LogP contribution < -0.4 is 87.2 Å². The zero-order chi connectivity index (χ0) is 58.9. The Morgan fingerprint density at radius 2 is 0.896 bits per heavy atom. The maximum atomic E-state index is 13.5. The number of primary amides is 3. The number of carbonyl (C=O) groups excluding carboxylic acids is 14. The standard InChI is InChI=1S/C45H80N16O14S2/c1-22(2)14-27(47)42(72)56-24(5)40(70)53-16-34(64)52-19-37(67)58-31(39(50)69)20-76-77-21-32(57-26(7)62)43(73)54-17-35(65)51-18-36(66)55-25(6)41(71)61-30(15-23(3)4)45(75)60-29(11-12-33(48)63)44(74)59-28(38(49)68)10-8-9-13-46/h22-25,27-32H,8-21,46-47H2,1-7H3,(H2,48,63)(H2,49,68)(H2,50,69)(H,51,65)(H,52,64)(H,53,70)(H,54,73)(H,55,66)(H,56,72)(H,57,62)(H,58,67)(H,59,74)(H,60,75)(H,61,71)/t24-,25-,27-,28-,29-,30-,31-,32-/m0/s1. The second-order valence-corrected chi connectivity index (χ2v) is 21.1. The lowest BCUT2D eigenvalue weighted by Crippen LogP contribution is -2.58. The van der Waals surface area contributed by atoms with Gasteiger partial charge in [0.1, 0.15) is 42.3 Å². The number of carbonyl (C=O) groups is 14. The molecule has 0 unspecified atom stereocenters. The zero-order valence-corrected chi connectivity index (χ0v) is 46.2. The van der Waals surface area contributed by atoms with Crippen LogP contribution in [0.5, 0.6) is 0 Å². The first-order chi connectivity index (χ1) is 36.0. The number of rotatable bonds is 39. The van der Waals surface area contributed by atoms with Gasteiger partial charge in [0.15, 0.2) is 0 Å². The third kappa shape index (κ3) is 32.4. The summed E-state index contributed by atoms with van der Waals surface area (Å²) in [6.45, 7) is 9.04. The molecule has 0 radical (unpaired) electrons. The molecule has 8 atom stereocenters. The van der Waals surface area contributed by atoms with Crippen molar-refractivity contribution in [2.75, 3.05) is 44.2 Å². The zero-order valence-electron chi connectivity index (χ0n) is 44.6. The number of nitrogens with one attached hydrogen (secondary N) is 11. The van der Waals surface area contributed by atoms with Crippen molar-refractivity contribution in [1.82, 2.24) is 58.5 Å². The maximum Gasteiger partial charge on any atom is 0.243 e. The molecule has 30 nitrogen and oxygen atoms in total. The minimum absolute atomic E-state index is 0.0699. The fraction of sp³-hybridized carbons (Fsp3) is 0.689. The van der Waals surface area contributed by atoms with Crippen LogP contribution in [-0.2, 0) is 67.1 Å². The van der Waals surface area contributed by atoms with E-state index in [1.807, 2.05) is 13.8 Å². The van der Waals surface area contributed by atoms with Crippen molar-refractivity contribution in [3.63, 3.8) is 0 Å². The lowest BCUT2D eigenvalue weighted by Gasteiger charge is -2.26. The topological polar surface area (TPSA) is 501 Å². The van der Waals surface area contributed by atoms with Gasteiger partial charge in [0, 0.05) is 24.9 Å². The SMILES string of the molecule is CC(=O)N[C@@H](CSSC[C@H](NC(=O)CNC(=O)CNC(=O)[C@H](C)NC(=O)[C@@H](N)CC(C)C)C(N)=O)C(=O)NCC(=O)NCC(=O)N[C@@H](C)C(=O)N[C@@H](CC(C)C)C(=O)N[C@@H](CCC(N)=O)C(=O)N[C@@H](CCCCN)C(N)=O. The Kier molecular flexibility index (Phi) is 34.5. The van der Waals surface area contributed by atoms with Crippen LogP contribution in [0.25, 0.3) is 0 Å². The normalized spacial score (nSPS) is 14.0. The Labute approximate surface area is 454 Å². The largest absolute Gasteiger partial charge is 0.370 e. The van der Waals surface area contributed by atoms with Gasteiger partial charge in [-0.25, -0.2) is 0 Å². The number of hydrogen-bond acceptors (Lipinski definition) is 18. The summed E-state index contributed by atoms with van der Waals surface area (Å²) < 4.78 is 0. The highest BCUT2D eigenvalue weighted by Gasteiger charge is 2.31. The van der Waals surface area contributed by atoms with Crippen molar-refractivity contribution in [3.05, 3.63) is 0 Å². The van der Waals surface area contributed by atoms with Crippen LogP contribution in [0.3, 0.4) is 0 Å². The summed E-state index contributed by atoms with van der Waals surface area (Å²) in [6.07, 6.45) is 1.11. The number of amides is 14. The van der Waals surface area contributed by atoms with Gasteiger partial charge in [0.2, 0.25) is 82.7 Å². The van der Waals surface area contributed by atoms with Crippen molar-refractivity contribution in [1.29, 1.82) is 0 Å². The van der Waals surface area contributed by atoms with Gasteiger partial charge in [-0.3, -0.25) is 67.1 Å². The Bertz CT molecular complexity index is 2070. The second kappa shape index (κ2) is 37.9. The van der Waals surface area contributed by atoms with Gasteiger partial charge in [0.05, 0.1) is 32.2 Å². The van der Waals surface area contributed by atoms with Crippen molar-refractivity contribution in [2.24, 2.45) is 40.5 Å². The molecule has 0 spiro atoms. The highest BCUT2D eigenvalue weighted by atomic mass is 33.1. The second-order valence-electron chi connectivity index (χ2n) is 18.6. The summed E-state index contributed by atoms with van der Waals surface area (Å²) in [7, 11) is 1.99. The van der Waals surface area contributed by atoms with E-state index >= 15 is 0 Å². The van der Waals surface area contributed by atoms with E-state index in [1.165, 1.54) is 13.8 Å². The average molecular weight is 1130 g/mol. The fourth-order valence-corrected chi connectivity index (χ4v) is 8.77. The van der Waals surface area contributed by atoms with E-state index in [2.05, 4.69) is 58.5 Å². The van der Waals surface area contributed by atoms with Crippen molar-refractivity contribution in [3.8, 4) is 0 Å². The number of hydrogen-bond donors (Lipinski definition) is 16. The van der Waals surface area contributed by atoms with Crippen LogP contribution >= 0.6 is 21.6 Å².